The van der Waals surface area contributed by atoms with E-state index in [4.69, 9.17) is 10.5 Å². The minimum atomic E-state index is 0.196. The standard InChI is InChI=1S/C19H18N8O/c1-28-15-10-6-5-9-14(15)24-19-25-18(20)27(26-19)17-11-16(21-12-22-17)23-13-7-3-2-4-8-13/h2-12H,1H3,(H,21,22,23)(H3,20,24,25,26). The lowest BCUT2D eigenvalue weighted by atomic mass is 10.3. The third-order valence-electron chi connectivity index (χ3n) is 3.90. The summed E-state index contributed by atoms with van der Waals surface area (Å²) in [5, 5.41) is 10.7. The first-order valence-corrected chi connectivity index (χ1v) is 8.50. The number of rotatable bonds is 6. The van der Waals surface area contributed by atoms with Crippen LogP contribution in [0, 0.1) is 0 Å². The van der Waals surface area contributed by atoms with Crippen LogP contribution in [-0.4, -0.2) is 31.8 Å². The first kappa shape index (κ1) is 17.3. The number of nitrogens with zero attached hydrogens (tertiary/aromatic N) is 5. The second-order valence-corrected chi connectivity index (χ2v) is 5.78. The number of aromatic nitrogens is 5. The fourth-order valence-electron chi connectivity index (χ4n) is 2.61. The molecular weight excluding hydrogens is 356 g/mol. The van der Waals surface area contributed by atoms with Gasteiger partial charge in [-0.3, -0.25) is 0 Å². The molecule has 0 bridgehead atoms. The lowest BCUT2D eigenvalue weighted by molar-refractivity contribution is 0.417. The molecule has 0 atom stereocenters. The molecule has 140 valence electrons. The van der Waals surface area contributed by atoms with E-state index >= 15 is 0 Å². The molecule has 2 aromatic carbocycles. The Labute approximate surface area is 161 Å². The Hall–Kier alpha value is -4.14. The molecule has 2 heterocycles. The summed E-state index contributed by atoms with van der Waals surface area (Å²) < 4.78 is 6.77. The topological polar surface area (TPSA) is 116 Å². The fourth-order valence-corrected chi connectivity index (χ4v) is 2.61. The van der Waals surface area contributed by atoms with Crippen LogP contribution in [0.25, 0.3) is 5.82 Å². The highest BCUT2D eigenvalue weighted by molar-refractivity contribution is 5.63. The SMILES string of the molecule is COc1ccccc1Nc1nc(N)n(-c2cc(Nc3ccccc3)ncn2)n1. The number of ether oxygens (including phenoxy) is 1. The molecule has 4 aromatic rings. The van der Waals surface area contributed by atoms with Crippen molar-refractivity contribution in [2.75, 3.05) is 23.5 Å². The van der Waals surface area contributed by atoms with Gasteiger partial charge in [0.25, 0.3) is 0 Å². The van der Waals surface area contributed by atoms with Gasteiger partial charge in [0, 0.05) is 11.8 Å². The van der Waals surface area contributed by atoms with Gasteiger partial charge in [-0.05, 0) is 24.3 Å². The molecule has 9 nitrogen and oxygen atoms in total. The molecule has 2 aromatic heterocycles. The first-order valence-electron chi connectivity index (χ1n) is 8.50. The van der Waals surface area contributed by atoms with E-state index in [1.165, 1.54) is 11.0 Å². The molecule has 0 unspecified atom stereocenters. The number of nitrogens with one attached hydrogen (secondary N) is 2. The molecule has 4 N–H and O–H groups in total. The zero-order chi connectivity index (χ0) is 19.3. The van der Waals surface area contributed by atoms with Crippen LogP contribution in [0.2, 0.25) is 0 Å². The Morgan fingerprint density at radius 3 is 2.57 bits per heavy atom. The van der Waals surface area contributed by atoms with Crippen LogP contribution >= 0.6 is 0 Å². The quantitative estimate of drug-likeness (QED) is 0.471. The Morgan fingerprint density at radius 1 is 0.964 bits per heavy atom. The van der Waals surface area contributed by atoms with E-state index < -0.39 is 0 Å². The Morgan fingerprint density at radius 2 is 1.75 bits per heavy atom. The minimum absolute atomic E-state index is 0.196. The van der Waals surface area contributed by atoms with Crippen LogP contribution in [-0.2, 0) is 0 Å². The van der Waals surface area contributed by atoms with Crippen molar-refractivity contribution < 1.29 is 4.74 Å². The van der Waals surface area contributed by atoms with Gasteiger partial charge in [0.05, 0.1) is 12.8 Å². The maximum Gasteiger partial charge on any atom is 0.249 e. The summed E-state index contributed by atoms with van der Waals surface area (Å²) in [6.07, 6.45) is 1.44. The molecule has 0 aliphatic rings. The number of hydrogen-bond acceptors (Lipinski definition) is 8. The number of nitrogens with two attached hydrogens (primary N) is 1. The van der Waals surface area contributed by atoms with Crippen molar-refractivity contribution in [1.82, 2.24) is 24.7 Å². The maximum absolute atomic E-state index is 6.04. The number of methoxy groups -OCH3 is 1. The number of para-hydroxylation sites is 3. The predicted octanol–water partition coefficient (Wildman–Crippen LogP) is 3.14. The van der Waals surface area contributed by atoms with E-state index in [2.05, 4.69) is 30.7 Å². The molecule has 0 aliphatic carbocycles. The normalized spacial score (nSPS) is 10.5. The van der Waals surface area contributed by atoms with Crippen molar-refractivity contribution >= 4 is 29.1 Å². The van der Waals surface area contributed by atoms with E-state index in [0.717, 1.165) is 11.4 Å². The van der Waals surface area contributed by atoms with Gasteiger partial charge in [-0.1, -0.05) is 30.3 Å². The summed E-state index contributed by atoms with van der Waals surface area (Å²) >= 11 is 0. The lowest BCUT2D eigenvalue weighted by Gasteiger charge is -2.08. The number of benzene rings is 2. The average Bonchev–Trinajstić information content (AvgIpc) is 3.09. The Bertz CT molecular complexity index is 1080. The van der Waals surface area contributed by atoms with Gasteiger partial charge >= 0.3 is 0 Å². The highest BCUT2D eigenvalue weighted by Gasteiger charge is 2.12. The van der Waals surface area contributed by atoms with Gasteiger partial charge in [-0.25, -0.2) is 9.97 Å². The van der Waals surface area contributed by atoms with Gasteiger partial charge in [-0.2, -0.15) is 9.67 Å². The molecule has 4 rings (SSSR count). The van der Waals surface area contributed by atoms with Gasteiger partial charge in [0.1, 0.15) is 17.9 Å². The van der Waals surface area contributed by atoms with Crippen molar-refractivity contribution in [2.45, 2.75) is 0 Å². The van der Waals surface area contributed by atoms with Gasteiger partial charge < -0.3 is 21.1 Å². The molecule has 0 saturated carbocycles. The molecule has 0 amide bonds. The van der Waals surface area contributed by atoms with Crippen molar-refractivity contribution in [1.29, 1.82) is 0 Å². The summed E-state index contributed by atoms with van der Waals surface area (Å²) in [6.45, 7) is 0. The fraction of sp³-hybridized carbons (Fsp3) is 0.0526. The highest BCUT2D eigenvalue weighted by atomic mass is 16.5. The van der Waals surface area contributed by atoms with Gasteiger partial charge in [0.2, 0.25) is 11.9 Å². The predicted molar refractivity (Wildman–Crippen MR) is 107 cm³/mol. The zero-order valence-corrected chi connectivity index (χ0v) is 15.1. The summed E-state index contributed by atoms with van der Waals surface area (Å²) in [4.78, 5) is 12.7. The molecule has 9 heteroatoms. The van der Waals surface area contributed by atoms with Crippen LogP contribution < -0.4 is 21.1 Å². The highest BCUT2D eigenvalue weighted by Crippen LogP contribution is 2.26. The van der Waals surface area contributed by atoms with Crippen LogP contribution in [0.15, 0.2) is 67.0 Å². The van der Waals surface area contributed by atoms with Crippen molar-refractivity contribution in [3.05, 3.63) is 67.0 Å². The number of anilines is 5. The number of nitrogen functional groups attached to an aromatic ring is 1. The minimum Gasteiger partial charge on any atom is -0.495 e. The largest absolute Gasteiger partial charge is 0.495 e. The van der Waals surface area contributed by atoms with Crippen molar-refractivity contribution in [3.8, 4) is 11.6 Å². The summed E-state index contributed by atoms with van der Waals surface area (Å²) in [5.41, 5.74) is 7.68. The summed E-state index contributed by atoms with van der Waals surface area (Å²) in [7, 11) is 1.60. The van der Waals surface area contributed by atoms with E-state index in [1.807, 2.05) is 54.6 Å². The lowest BCUT2D eigenvalue weighted by Crippen LogP contribution is -2.06. The van der Waals surface area contributed by atoms with Crippen LogP contribution in [0.3, 0.4) is 0 Å². The molecule has 0 saturated heterocycles. The van der Waals surface area contributed by atoms with Gasteiger partial charge in [-0.15, -0.1) is 5.10 Å². The molecule has 28 heavy (non-hydrogen) atoms. The third-order valence-corrected chi connectivity index (χ3v) is 3.90. The molecule has 0 spiro atoms. The van der Waals surface area contributed by atoms with Crippen molar-refractivity contribution in [3.63, 3.8) is 0 Å². The molecule has 0 aliphatic heterocycles. The molecule has 0 fully saturated rings. The average molecular weight is 374 g/mol. The van der Waals surface area contributed by atoms with Crippen LogP contribution in [0.1, 0.15) is 0 Å². The van der Waals surface area contributed by atoms with E-state index in [9.17, 15) is 0 Å². The summed E-state index contributed by atoms with van der Waals surface area (Å²) in [5.74, 6) is 2.31. The van der Waals surface area contributed by atoms with E-state index in [1.54, 1.807) is 13.2 Å². The molecular formula is C19H18N8O. The molecule has 0 radical (unpaired) electrons. The van der Waals surface area contributed by atoms with Gasteiger partial charge in [0.15, 0.2) is 5.82 Å². The smallest absolute Gasteiger partial charge is 0.249 e. The second kappa shape index (κ2) is 7.62. The Kier molecular flexibility index (Phi) is 4.70. The maximum atomic E-state index is 6.04. The monoisotopic (exact) mass is 374 g/mol. The summed E-state index contributed by atoms with van der Waals surface area (Å²) in [6, 6.07) is 18.9. The second-order valence-electron chi connectivity index (χ2n) is 5.78. The number of hydrogen-bond donors (Lipinski definition) is 3. The van der Waals surface area contributed by atoms with Crippen LogP contribution in [0.4, 0.5) is 29.1 Å². The Balaban J connectivity index is 1.59. The third kappa shape index (κ3) is 3.68. The van der Waals surface area contributed by atoms with E-state index in [-0.39, 0.29) is 5.95 Å². The van der Waals surface area contributed by atoms with E-state index in [0.29, 0.717) is 23.3 Å². The van der Waals surface area contributed by atoms with Crippen LogP contribution in [0.5, 0.6) is 5.75 Å². The van der Waals surface area contributed by atoms with Crippen molar-refractivity contribution in [2.24, 2.45) is 0 Å². The zero-order valence-electron chi connectivity index (χ0n) is 15.1. The first-order chi connectivity index (χ1) is 13.7.